The highest BCUT2D eigenvalue weighted by molar-refractivity contribution is 4.95. The molecule has 14 heavy (non-hydrogen) atoms. The van der Waals surface area contributed by atoms with Crippen LogP contribution in [0.3, 0.4) is 0 Å². The Balaban J connectivity index is 2.01. The van der Waals surface area contributed by atoms with E-state index in [9.17, 15) is 0 Å². The first kappa shape index (κ1) is 10.4. The van der Waals surface area contributed by atoms with Crippen LogP contribution in [0.25, 0.3) is 0 Å². The summed E-state index contributed by atoms with van der Waals surface area (Å²) in [6.07, 6.45) is 1.45. The smallest absolute Gasteiger partial charge is 0.0229 e. The highest BCUT2D eigenvalue weighted by atomic mass is 15.3. The topological polar surface area (TPSA) is 6.48 Å². The van der Waals surface area contributed by atoms with E-state index < -0.39 is 0 Å². The fraction of sp³-hybridized carbons (Fsp3) is 1.00. The van der Waals surface area contributed by atoms with Crippen molar-refractivity contribution in [2.45, 2.75) is 52.2 Å². The molecule has 2 rings (SSSR count). The van der Waals surface area contributed by atoms with Crippen molar-refractivity contribution in [3.05, 3.63) is 0 Å². The molecule has 2 atom stereocenters. The molecule has 0 aromatic heterocycles. The van der Waals surface area contributed by atoms with E-state index in [1.54, 1.807) is 0 Å². The van der Waals surface area contributed by atoms with Gasteiger partial charge < -0.3 is 0 Å². The summed E-state index contributed by atoms with van der Waals surface area (Å²) in [5, 5.41) is 0. The number of rotatable bonds is 2. The minimum absolute atomic E-state index is 0.729. The van der Waals surface area contributed by atoms with Crippen molar-refractivity contribution in [1.29, 1.82) is 0 Å². The van der Waals surface area contributed by atoms with E-state index in [1.807, 2.05) is 0 Å². The van der Waals surface area contributed by atoms with Crippen LogP contribution in [-0.4, -0.2) is 47.6 Å². The largest absolute Gasteiger partial charge is 0.299 e. The lowest BCUT2D eigenvalue weighted by molar-refractivity contribution is 0.122. The average Bonchev–Trinajstić information content (AvgIpc) is 2.41. The molecule has 0 spiro atoms. The summed E-state index contributed by atoms with van der Waals surface area (Å²) < 4.78 is 0. The zero-order valence-electron chi connectivity index (χ0n) is 10.0. The fourth-order valence-electron chi connectivity index (χ4n) is 3.08. The molecule has 0 radical (unpaired) electrons. The predicted molar refractivity (Wildman–Crippen MR) is 60.4 cm³/mol. The number of fused-ring (bicyclic) bond motifs is 2. The fourth-order valence-corrected chi connectivity index (χ4v) is 3.08. The maximum Gasteiger partial charge on any atom is 0.0229 e. The number of hydrogen-bond donors (Lipinski definition) is 0. The molecule has 2 saturated heterocycles. The third-order valence-corrected chi connectivity index (χ3v) is 3.87. The molecule has 0 amide bonds. The Kier molecular flexibility index (Phi) is 2.85. The van der Waals surface area contributed by atoms with Crippen LogP contribution >= 0.6 is 0 Å². The van der Waals surface area contributed by atoms with Gasteiger partial charge >= 0.3 is 0 Å². The van der Waals surface area contributed by atoms with Gasteiger partial charge in [0.05, 0.1) is 0 Å². The molecule has 2 unspecified atom stereocenters. The summed E-state index contributed by atoms with van der Waals surface area (Å²) >= 11 is 0. The summed E-state index contributed by atoms with van der Waals surface area (Å²) in [7, 11) is 0. The minimum atomic E-state index is 0.729. The first-order valence-electron chi connectivity index (χ1n) is 6.07. The maximum atomic E-state index is 2.70. The van der Waals surface area contributed by atoms with Gasteiger partial charge in [0, 0.05) is 37.8 Å². The van der Waals surface area contributed by atoms with Crippen molar-refractivity contribution in [2.24, 2.45) is 5.92 Å². The molecule has 0 aromatic carbocycles. The lowest BCUT2D eigenvalue weighted by Gasteiger charge is -2.36. The summed E-state index contributed by atoms with van der Waals surface area (Å²) in [6.45, 7) is 13.3. The number of likely N-dealkylation sites (tertiary alicyclic amines) is 2. The predicted octanol–water partition coefficient (Wildman–Crippen LogP) is 1.81. The lowest BCUT2D eigenvalue weighted by atomic mass is 9.99. The van der Waals surface area contributed by atoms with Crippen molar-refractivity contribution in [3.63, 3.8) is 0 Å². The Labute approximate surface area is 88.3 Å². The van der Waals surface area contributed by atoms with Crippen molar-refractivity contribution >= 4 is 0 Å². The molecule has 82 valence electrons. The Bertz CT molecular complexity index is 198. The molecule has 0 saturated carbocycles. The third-order valence-electron chi connectivity index (χ3n) is 3.87. The zero-order chi connectivity index (χ0) is 10.3. The van der Waals surface area contributed by atoms with E-state index in [2.05, 4.69) is 37.5 Å². The van der Waals surface area contributed by atoms with Gasteiger partial charge in [-0.15, -0.1) is 0 Å². The summed E-state index contributed by atoms with van der Waals surface area (Å²) in [5.41, 5.74) is 0. The van der Waals surface area contributed by atoms with Crippen LogP contribution in [0.15, 0.2) is 0 Å². The second-order valence-corrected chi connectivity index (χ2v) is 5.59. The molecule has 2 aliphatic rings. The van der Waals surface area contributed by atoms with E-state index in [0.717, 1.165) is 24.0 Å². The van der Waals surface area contributed by atoms with Crippen LogP contribution in [0, 0.1) is 5.92 Å². The number of piperidine rings is 1. The molecule has 2 aliphatic heterocycles. The second-order valence-electron chi connectivity index (χ2n) is 5.59. The average molecular weight is 196 g/mol. The van der Waals surface area contributed by atoms with Crippen LogP contribution in [0.5, 0.6) is 0 Å². The monoisotopic (exact) mass is 196 g/mol. The van der Waals surface area contributed by atoms with Crippen molar-refractivity contribution < 1.29 is 0 Å². The van der Waals surface area contributed by atoms with E-state index in [4.69, 9.17) is 0 Å². The van der Waals surface area contributed by atoms with Crippen LogP contribution in [0.2, 0.25) is 0 Å². The molecular formula is C12H24N2. The van der Waals surface area contributed by atoms with Crippen LogP contribution in [-0.2, 0) is 0 Å². The highest BCUT2D eigenvalue weighted by Crippen LogP contribution is 2.31. The molecule has 2 heterocycles. The SMILES string of the molecule is CC(C)N1CC2CC(C1)N(C(C)C)C2. The first-order chi connectivity index (χ1) is 6.58. The second kappa shape index (κ2) is 3.82. The maximum absolute atomic E-state index is 2.70. The lowest BCUT2D eigenvalue weighted by Crippen LogP contribution is -2.46. The van der Waals surface area contributed by atoms with Crippen LogP contribution < -0.4 is 0 Å². The summed E-state index contributed by atoms with van der Waals surface area (Å²) in [4.78, 5) is 5.36. The molecule has 2 bridgehead atoms. The number of hydrogen-bond acceptors (Lipinski definition) is 2. The molecule has 0 N–H and O–H groups in total. The van der Waals surface area contributed by atoms with E-state index in [0.29, 0.717) is 0 Å². The molecule has 0 aromatic rings. The van der Waals surface area contributed by atoms with Crippen molar-refractivity contribution in [2.75, 3.05) is 19.6 Å². The highest BCUT2D eigenvalue weighted by Gasteiger charge is 2.39. The van der Waals surface area contributed by atoms with Gasteiger partial charge in [-0.1, -0.05) is 0 Å². The van der Waals surface area contributed by atoms with Gasteiger partial charge in [0.15, 0.2) is 0 Å². The van der Waals surface area contributed by atoms with Crippen molar-refractivity contribution in [3.8, 4) is 0 Å². The molecule has 2 nitrogen and oxygen atoms in total. The minimum Gasteiger partial charge on any atom is -0.299 e. The van der Waals surface area contributed by atoms with E-state index in [1.165, 1.54) is 26.1 Å². The third kappa shape index (κ3) is 1.82. The Morgan fingerprint density at radius 3 is 2.21 bits per heavy atom. The van der Waals surface area contributed by atoms with E-state index >= 15 is 0 Å². The Morgan fingerprint density at radius 1 is 0.929 bits per heavy atom. The van der Waals surface area contributed by atoms with Gasteiger partial charge in [-0.2, -0.15) is 0 Å². The molecule has 0 aliphatic carbocycles. The Hall–Kier alpha value is -0.0800. The summed E-state index contributed by atoms with van der Waals surface area (Å²) in [5.74, 6) is 0.943. The molecular weight excluding hydrogens is 172 g/mol. The Morgan fingerprint density at radius 2 is 1.64 bits per heavy atom. The first-order valence-corrected chi connectivity index (χ1v) is 6.07. The number of nitrogens with zero attached hydrogens (tertiary/aromatic N) is 2. The van der Waals surface area contributed by atoms with Crippen LogP contribution in [0.1, 0.15) is 34.1 Å². The molecule has 2 fully saturated rings. The van der Waals surface area contributed by atoms with Crippen LogP contribution in [0.4, 0.5) is 0 Å². The van der Waals surface area contributed by atoms with Gasteiger partial charge in [-0.05, 0) is 40.0 Å². The summed E-state index contributed by atoms with van der Waals surface area (Å²) in [6, 6.07) is 2.31. The molecule has 2 heteroatoms. The normalized spacial score (nSPS) is 34.7. The van der Waals surface area contributed by atoms with E-state index in [-0.39, 0.29) is 0 Å². The quantitative estimate of drug-likeness (QED) is 0.664. The van der Waals surface area contributed by atoms with Gasteiger partial charge in [0.25, 0.3) is 0 Å². The van der Waals surface area contributed by atoms with Crippen molar-refractivity contribution in [1.82, 2.24) is 9.80 Å². The van der Waals surface area contributed by atoms with Gasteiger partial charge in [0.1, 0.15) is 0 Å². The zero-order valence-corrected chi connectivity index (χ0v) is 10.0. The van der Waals surface area contributed by atoms with Gasteiger partial charge in [-0.25, -0.2) is 0 Å². The standard InChI is InChI=1S/C12H24N2/c1-9(2)13-6-11-5-12(8-13)14(7-11)10(3)4/h9-12H,5-8H2,1-4H3. The van der Waals surface area contributed by atoms with Gasteiger partial charge in [0.2, 0.25) is 0 Å². The van der Waals surface area contributed by atoms with Gasteiger partial charge in [-0.3, -0.25) is 9.80 Å².